The van der Waals surface area contributed by atoms with Crippen LogP contribution in [0.2, 0.25) is 0 Å². The molecule has 63 heavy (non-hydrogen) atoms. The maximum absolute atomic E-state index is 6.81. The van der Waals surface area contributed by atoms with E-state index >= 15 is 0 Å². The first kappa shape index (κ1) is 37.1. The minimum Gasteiger partial charge on any atom is -0.455 e. The van der Waals surface area contributed by atoms with E-state index in [1.807, 2.05) is 6.07 Å². The van der Waals surface area contributed by atoms with Crippen LogP contribution in [-0.4, -0.2) is 0 Å². The van der Waals surface area contributed by atoms with Crippen molar-refractivity contribution in [2.24, 2.45) is 0 Å². The molecule has 2 nitrogen and oxygen atoms in total. The Morgan fingerprint density at radius 2 is 0.984 bits per heavy atom. The van der Waals surface area contributed by atoms with E-state index in [1.165, 1.54) is 72.0 Å². The third-order valence-corrected chi connectivity index (χ3v) is 13.6. The van der Waals surface area contributed by atoms with E-state index in [9.17, 15) is 0 Å². The van der Waals surface area contributed by atoms with E-state index < -0.39 is 0 Å². The van der Waals surface area contributed by atoms with Gasteiger partial charge >= 0.3 is 0 Å². The summed E-state index contributed by atoms with van der Waals surface area (Å²) in [6, 6.07) is 66.4. The Labute approximate surface area is 366 Å². The van der Waals surface area contributed by atoms with Crippen molar-refractivity contribution >= 4 is 71.5 Å². The molecule has 11 aromatic rings. The Morgan fingerprint density at radius 3 is 1.73 bits per heavy atom. The summed E-state index contributed by atoms with van der Waals surface area (Å²) in [6.45, 7) is 8.99. The van der Waals surface area contributed by atoms with Crippen LogP contribution in [0.4, 0.5) is 0 Å². The molecular formula is C61H44O2. The van der Waals surface area contributed by atoms with Gasteiger partial charge in [0.2, 0.25) is 0 Å². The van der Waals surface area contributed by atoms with Gasteiger partial charge in [-0.25, -0.2) is 0 Å². The van der Waals surface area contributed by atoms with Gasteiger partial charge in [0, 0.05) is 27.0 Å². The van der Waals surface area contributed by atoms with Crippen molar-refractivity contribution in [2.75, 3.05) is 0 Å². The first-order valence-electron chi connectivity index (χ1n) is 21.9. The van der Waals surface area contributed by atoms with Crippen LogP contribution in [0.3, 0.4) is 0 Å². The summed E-state index contributed by atoms with van der Waals surface area (Å²) in [5.74, 6) is 0. The molecule has 9 aromatic carbocycles. The highest BCUT2D eigenvalue weighted by Gasteiger charge is 2.36. The standard InChI is InChI=1S/C61H44O2/c1-5-16-38-25-26-41(33-37(38)2)43-17-8-6-7-9-18-44(46-20-11-10-19-45(43)46)42-29-32-53-52(34-42)47-30-27-39(35-54(47)61(53,3)4)40-28-31-51-56(36-40)63-59-49-22-13-12-21-48(49)57-50-23-14-15-24-55(50)62-60(57)58(51)59/h5-36H,1-4H3/b7-6?,8-6?,9-7?,16-5-,17-8?,18-9?,43-17?,44-18?,45-43?,46-44?. The van der Waals surface area contributed by atoms with Crippen LogP contribution in [0, 0.1) is 6.92 Å². The Hall–Kier alpha value is -7.68. The van der Waals surface area contributed by atoms with Gasteiger partial charge in [0.25, 0.3) is 0 Å². The number of para-hydroxylation sites is 1. The minimum absolute atomic E-state index is 0.186. The molecule has 0 radical (unpaired) electrons. The highest BCUT2D eigenvalue weighted by atomic mass is 16.3. The van der Waals surface area contributed by atoms with Gasteiger partial charge in [0.1, 0.15) is 22.3 Å². The Balaban J connectivity index is 0.984. The minimum atomic E-state index is -0.186. The normalized spacial score (nSPS) is 13.1. The second-order valence-electron chi connectivity index (χ2n) is 17.6. The first-order chi connectivity index (χ1) is 30.9. The SMILES string of the molecule is C/C=C\c1ccc(-c2ccccccc(-c3ccc4c(c3)-c3ccc(-c5ccc6c(c5)oc5c7ccccc7c7c8ccccc8oc7c65)cc3C4(C)C)c3ccccc23)cc1C. The average Bonchev–Trinajstić information content (AvgIpc) is 3.96. The smallest absolute Gasteiger partial charge is 0.147 e. The number of benzene rings is 8. The maximum Gasteiger partial charge on any atom is 0.147 e. The van der Waals surface area contributed by atoms with Crippen molar-refractivity contribution in [1.29, 1.82) is 0 Å². The number of fused-ring (bicyclic) bond motifs is 14. The molecule has 2 heteroatoms. The molecular weight excluding hydrogens is 765 g/mol. The predicted octanol–water partition coefficient (Wildman–Crippen LogP) is 17.6. The summed E-state index contributed by atoms with van der Waals surface area (Å²) in [4.78, 5) is 0. The van der Waals surface area contributed by atoms with E-state index in [0.29, 0.717) is 0 Å². The van der Waals surface area contributed by atoms with Crippen molar-refractivity contribution in [3.8, 4) is 44.5 Å². The van der Waals surface area contributed by atoms with E-state index in [-0.39, 0.29) is 5.41 Å². The molecule has 300 valence electrons. The molecule has 12 rings (SSSR count). The fourth-order valence-corrected chi connectivity index (χ4v) is 10.5. The summed E-state index contributed by atoms with van der Waals surface area (Å²) in [5, 5.41) is 9.02. The van der Waals surface area contributed by atoms with E-state index in [4.69, 9.17) is 8.83 Å². The summed E-state index contributed by atoms with van der Waals surface area (Å²) in [6.07, 6.45) is 4.28. The number of allylic oxidation sites excluding steroid dienone is 1. The summed E-state index contributed by atoms with van der Waals surface area (Å²) in [7, 11) is 0. The van der Waals surface area contributed by atoms with E-state index in [1.54, 1.807) is 0 Å². The lowest BCUT2D eigenvalue weighted by atomic mass is 9.81. The molecule has 0 amide bonds. The fraction of sp³-hybridized carbons (Fsp3) is 0.0820. The molecule has 2 aromatic heterocycles. The van der Waals surface area contributed by atoms with Crippen LogP contribution in [0.1, 0.15) is 43.0 Å². The molecule has 2 heterocycles. The third kappa shape index (κ3) is 5.71. The van der Waals surface area contributed by atoms with Gasteiger partial charge in [-0.15, -0.1) is 0 Å². The van der Waals surface area contributed by atoms with Crippen LogP contribution < -0.4 is 0 Å². The topological polar surface area (TPSA) is 26.3 Å². The van der Waals surface area contributed by atoms with E-state index in [0.717, 1.165) is 60.2 Å². The zero-order valence-electron chi connectivity index (χ0n) is 35.8. The van der Waals surface area contributed by atoms with Gasteiger partial charge in [-0.1, -0.05) is 178 Å². The second-order valence-corrected chi connectivity index (χ2v) is 17.6. The van der Waals surface area contributed by atoms with Gasteiger partial charge in [-0.3, -0.25) is 0 Å². The average molecular weight is 809 g/mol. The van der Waals surface area contributed by atoms with Crippen LogP contribution >= 0.6 is 0 Å². The quantitative estimate of drug-likeness (QED) is 0.177. The molecule has 0 atom stereocenters. The highest BCUT2D eigenvalue weighted by molar-refractivity contribution is 6.33. The Morgan fingerprint density at radius 1 is 0.397 bits per heavy atom. The summed E-state index contributed by atoms with van der Waals surface area (Å²) < 4.78 is 13.4. The largest absolute Gasteiger partial charge is 0.455 e. The monoisotopic (exact) mass is 808 g/mol. The lowest BCUT2D eigenvalue weighted by Gasteiger charge is -2.22. The Kier molecular flexibility index (Phi) is 8.36. The predicted molar refractivity (Wildman–Crippen MR) is 267 cm³/mol. The molecule has 0 unspecified atom stereocenters. The lowest BCUT2D eigenvalue weighted by molar-refractivity contribution is 0.660. The third-order valence-electron chi connectivity index (χ3n) is 13.6. The number of hydrogen-bond donors (Lipinski definition) is 0. The highest BCUT2D eigenvalue weighted by Crippen LogP contribution is 2.52. The number of aryl methyl sites for hydroxylation is 1. The molecule has 0 bridgehead atoms. The fourth-order valence-electron chi connectivity index (χ4n) is 10.5. The van der Waals surface area contributed by atoms with Gasteiger partial charge in [-0.2, -0.15) is 0 Å². The molecule has 0 saturated carbocycles. The molecule has 0 fully saturated rings. The summed E-state index contributed by atoms with van der Waals surface area (Å²) in [5.41, 5.74) is 18.2. The van der Waals surface area contributed by atoms with Gasteiger partial charge < -0.3 is 8.83 Å². The van der Waals surface area contributed by atoms with Crippen LogP contribution in [-0.2, 0) is 5.41 Å². The number of rotatable bonds is 4. The van der Waals surface area contributed by atoms with Crippen molar-refractivity contribution in [3.63, 3.8) is 0 Å². The van der Waals surface area contributed by atoms with Crippen molar-refractivity contribution in [1.82, 2.24) is 0 Å². The van der Waals surface area contributed by atoms with E-state index in [2.05, 4.69) is 216 Å². The zero-order valence-corrected chi connectivity index (χ0v) is 35.8. The zero-order chi connectivity index (χ0) is 42.4. The van der Waals surface area contributed by atoms with Gasteiger partial charge in [-0.05, 0) is 127 Å². The van der Waals surface area contributed by atoms with Gasteiger partial charge in [0.15, 0.2) is 0 Å². The molecule has 0 saturated heterocycles. The lowest BCUT2D eigenvalue weighted by Crippen LogP contribution is -2.15. The van der Waals surface area contributed by atoms with Crippen LogP contribution in [0.15, 0.2) is 197 Å². The first-order valence-corrected chi connectivity index (χ1v) is 21.9. The Bertz CT molecular complexity index is 3790. The second kappa shape index (κ2) is 14.2. The van der Waals surface area contributed by atoms with Crippen molar-refractivity contribution < 1.29 is 8.83 Å². The number of furan rings is 2. The molecule has 0 aliphatic heterocycles. The molecule has 1 aliphatic carbocycles. The van der Waals surface area contributed by atoms with Crippen LogP contribution in [0.5, 0.6) is 0 Å². The molecule has 0 spiro atoms. The van der Waals surface area contributed by atoms with Crippen molar-refractivity contribution in [3.05, 3.63) is 210 Å². The summed E-state index contributed by atoms with van der Waals surface area (Å²) >= 11 is 0. The van der Waals surface area contributed by atoms with Crippen LogP contribution in [0.25, 0.3) is 116 Å². The van der Waals surface area contributed by atoms with Crippen molar-refractivity contribution in [2.45, 2.75) is 33.1 Å². The maximum atomic E-state index is 6.81. The molecule has 0 N–H and O–H groups in total. The number of hydrogen-bond acceptors (Lipinski definition) is 2. The molecule has 1 aliphatic rings. The van der Waals surface area contributed by atoms with Gasteiger partial charge in [0.05, 0.1) is 5.39 Å².